The summed E-state index contributed by atoms with van der Waals surface area (Å²) in [6.45, 7) is 0.174. The molecule has 1 aromatic rings. The normalized spacial score (nSPS) is 15.7. The number of rotatable bonds is 3. The summed E-state index contributed by atoms with van der Waals surface area (Å²) in [5, 5.41) is 11.5. The zero-order chi connectivity index (χ0) is 14.0. The molecule has 0 bridgehead atoms. The third-order valence-corrected chi connectivity index (χ3v) is 2.85. The van der Waals surface area contributed by atoms with E-state index in [9.17, 15) is 9.59 Å². The lowest BCUT2D eigenvalue weighted by Crippen LogP contribution is -2.31. The predicted octanol–water partition coefficient (Wildman–Crippen LogP) is 0.915. The van der Waals surface area contributed by atoms with Crippen LogP contribution in [0.3, 0.4) is 0 Å². The first-order valence-electron chi connectivity index (χ1n) is 5.55. The molecule has 19 heavy (non-hydrogen) atoms. The van der Waals surface area contributed by atoms with E-state index in [1.165, 1.54) is 14.2 Å². The van der Waals surface area contributed by atoms with Crippen molar-refractivity contribution in [1.82, 2.24) is 5.32 Å². The molecule has 0 unspecified atom stereocenters. The number of carbonyl (C=O) groups excluding carboxylic acids is 1. The molecule has 6 heteroatoms. The largest absolute Gasteiger partial charge is 0.493 e. The third-order valence-electron chi connectivity index (χ3n) is 2.85. The Bertz CT molecular complexity index is 577. The van der Waals surface area contributed by atoms with E-state index in [1.54, 1.807) is 12.1 Å². The van der Waals surface area contributed by atoms with Crippen LogP contribution in [0.1, 0.15) is 15.9 Å². The van der Waals surface area contributed by atoms with Crippen LogP contribution >= 0.6 is 0 Å². The number of carbonyl (C=O) groups is 2. The number of aliphatic carboxylic acids is 1. The van der Waals surface area contributed by atoms with Gasteiger partial charge in [0.05, 0.1) is 19.8 Å². The van der Waals surface area contributed by atoms with E-state index in [0.717, 1.165) is 6.08 Å². The average Bonchev–Trinajstić information content (AvgIpc) is 2.40. The summed E-state index contributed by atoms with van der Waals surface area (Å²) in [5.41, 5.74) is 1.43. The van der Waals surface area contributed by atoms with E-state index in [2.05, 4.69) is 5.32 Å². The van der Waals surface area contributed by atoms with Crippen LogP contribution < -0.4 is 14.8 Å². The van der Waals surface area contributed by atoms with Crippen LogP contribution in [0.4, 0.5) is 0 Å². The van der Waals surface area contributed by atoms with E-state index < -0.39 is 5.97 Å². The van der Waals surface area contributed by atoms with Crippen molar-refractivity contribution >= 4 is 17.4 Å². The first-order valence-corrected chi connectivity index (χ1v) is 5.55. The second kappa shape index (κ2) is 5.01. The maximum absolute atomic E-state index is 11.8. The number of benzene rings is 1. The van der Waals surface area contributed by atoms with Crippen molar-refractivity contribution in [2.75, 3.05) is 20.8 Å². The fourth-order valence-electron chi connectivity index (χ4n) is 1.98. The Morgan fingerprint density at radius 3 is 2.37 bits per heavy atom. The second-order valence-electron chi connectivity index (χ2n) is 3.94. The molecule has 1 amide bonds. The molecular formula is C13H13NO5. The molecule has 2 N–H and O–H groups in total. The van der Waals surface area contributed by atoms with Gasteiger partial charge in [-0.1, -0.05) is 0 Å². The van der Waals surface area contributed by atoms with Crippen LogP contribution in [0.25, 0.3) is 5.57 Å². The maximum atomic E-state index is 11.8. The highest BCUT2D eigenvalue weighted by Crippen LogP contribution is 2.35. The van der Waals surface area contributed by atoms with E-state index >= 15 is 0 Å². The topological polar surface area (TPSA) is 84.9 Å². The Hall–Kier alpha value is -2.50. The van der Waals surface area contributed by atoms with Crippen LogP contribution in [0, 0.1) is 0 Å². The average molecular weight is 263 g/mol. The SMILES string of the molecule is COc1cc2c(cc1OC)/C(=C\C(=O)O)CNC2=O. The quantitative estimate of drug-likeness (QED) is 0.792. The minimum atomic E-state index is -1.06. The zero-order valence-corrected chi connectivity index (χ0v) is 10.5. The van der Waals surface area contributed by atoms with Gasteiger partial charge in [0.25, 0.3) is 5.91 Å². The fourth-order valence-corrected chi connectivity index (χ4v) is 1.98. The molecule has 1 heterocycles. The summed E-state index contributed by atoms with van der Waals surface area (Å²) in [6, 6.07) is 3.15. The summed E-state index contributed by atoms with van der Waals surface area (Å²) >= 11 is 0. The summed E-state index contributed by atoms with van der Waals surface area (Å²) in [7, 11) is 2.95. The lowest BCUT2D eigenvalue weighted by atomic mass is 9.94. The number of hydrogen-bond acceptors (Lipinski definition) is 4. The van der Waals surface area contributed by atoms with Crippen molar-refractivity contribution in [3.63, 3.8) is 0 Å². The van der Waals surface area contributed by atoms with Crippen LogP contribution in [0.5, 0.6) is 11.5 Å². The molecule has 2 rings (SSSR count). The zero-order valence-electron chi connectivity index (χ0n) is 10.5. The number of carboxylic acids is 1. The molecule has 0 radical (unpaired) electrons. The number of fused-ring (bicyclic) bond motifs is 1. The van der Waals surface area contributed by atoms with Crippen LogP contribution in [-0.2, 0) is 4.79 Å². The number of hydrogen-bond donors (Lipinski definition) is 2. The Kier molecular flexibility index (Phi) is 3.41. The van der Waals surface area contributed by atoms with Crippen LogP contribution in [0.15, 0.2) is 18.2 Å². The van der Waals surface area contributed by atoms with Gasteiger partial charge < -0.3 is 19.9 Å². The molecule has 0 fully saturated rings. The maximum Gasteiger partial charge on any atom is 0.328 e. The number of carboxylic acid groups (broad SMARTS) is 1. The van der Waals surface area contributed by atoms with Crippen LogP contribution in [0.2, 0.25) is 0 Å². The highest BCUT2D eigenvalue weighted by atomic mass is 16.5. The van der Waals surface area contributed by atoms with Gasteiger partial charge >= 0.3 is 5.97 Å². The lowest BCUT2D eigenvalue weighted by molar-refractivity contribution is -0.131. The molecule has 1 aliphatic rings. The standard InChI is InChI=1S/C13H13NO5/c1-18-10-4-8-7(3-12(15)16)6-14-13(17)9(8)5-11(10)19-2/h3-5H,6H2,1-2H3,(H,14,17)(H,15,16)/b7-3-. The first-order chi connectivity index (χ1) is 9.06. The van der Waals surface area contributed by atoms with E-state index in [4.69, 9.17) is 14.6 Å². The predicted molar refractivity (Wildman–Crippen MR) is 67.5 cm³/mol. The molecule has 1 aromatic carbocycles. The molecule has 0 saturated carbocycles. The minimum Gasteiger partial charge on any atom is -0.493 e. The Labute approximate surface area is 109 Å². The van der Waals surface area contributed by atoms with Crippen molar-refractivity contribution in [1.29, 1.82) is 0 Å². The lowest BCUT2D eigenvalue weighted by Gasteiger charge is -2.21. The molecule has 100 valence electrons. The van der Waals surface area contributed by atoms with Gasteiger partial charge in [-0.3, -0.25) is 4.79 Å². The van der Waals surface area contributed by atoms with Gasteiger partial charge in [0.2, 0.25) is 0 Å². The van der Waals surface area contributed by atoms with E-state index in [1.807, 2.05) is 0 Å². The third kappa shape index (κ3) is 2.37. The van der Waals surface area contributed by atoms with Crippen molar-refractivity contribution in [2.45, 2.75) is 0 Å². The number of nitrogens with one attached hydrogen (secondary N) is 1. The molecule has 0 aliphatic carbocycles. The van der Waals surface area contributed by atoms with Gasteiger partial charge in [0.1, 0.15) is 0 Å². The molecule has 0 spiro atoms. The molecule has 0 atom stereocenters. The molecule has 6 nitrogen and oxygen atoms in total. The number of ether oxygens (including phenoxy) is 2. The van der Waals surface area contributed by atoms with Gasteiger partial charge in [-0.2, -0.15) is 0 Å². The first kappa shape index (κ1) is 12.9. The molecule has 0 aromatic heterocycles. The van der Waals surface area contributed by atoms with E-state index in [0.29, 0.717) is 28.2 Å². The Morgan fingerprint density at radius 1 is 1.26 bits per heavy atom. The monoisotopic (exact) mass is 263 g/mol. The van der Waals surface area contributed by atoms with Crippen LogP contribution in [-0.4, -0.2) is 37.7 Å². The van der Waals surface area contributed by atoms with E-state index in [-0.39, 0.29) is 12.5 Å². The Morgan fingerprint density at radius 2 is 1.84 bits per heavy atom. The van der Waals surface area contributed by atoms with Crippen molar-refractivity contribution in [2.24, 2.45) is 0 Å². The van der Waals surface area contributed by atoms with Gasteiger partial charge in [-0.05, 0) is 23.3 Å². The number of amides is 1. The van der Waals surface area contributed by atoms with Crippen molar-refractivity contribution in [3.8, 4) is 11.5 Å². The highest BCUT2D eigenvalue weighted by Gasteiger charge is 2.24. The highest BCUT2D eigenvalue weighted by molar-refractivity contribution is 6.05. The van der Waals surface area contributed by atoms with Gasteiger partial charge in [0, 0.05) is 12.6 Å². The number of methoxy groups -OCH3 is 2. The Balaban J connectivity index is 2.63. The summed E-state index contributed by atoms with van der Waals surface area (Å²) in [5.74, 6) is -0.453. The fraction of sp³-hybridized carbons (Fsp3) is 0.231. The summed E-state index contributed by atoms with van der Waals surface area (Å²) in [6.07, 6.45) is 1.07. The molecular weight excluding hydrogens is 250 g/mol. The second-order valence-corrected chi connectivity index (χ2v) is 3.94. The molecule has 1 aliphatic heterocycles. The van der Waals surface area contributed by atoms with Crippen molar-refractivity contribution < 1.29 is 24.2 Å². The summed E-state index contributed by atoms with van der Waals surface area (Å²) < 4.78 is 10.3. The van der Waals surface area contributed by atoms with Gasteiger partial charge in [-0.25, -0.2) is 4.79 Å². The smallest absolute Gasteiger partial charge is 0.328 e. The van der Waals surface area contributed by atoms with Crippen molar-refractivity contribution in [3.05, 3.63) is 29.3 Å². The van der Waals surface area contributed by atoms with Gasteiger partial charge in [0.15, 0.2) is 11.5 Å². The summed E-state index contributed by atoms with van der Waals surface area (Å²) in [4.78, 5) is 22.6. The minimum absolute atomic E-state index is 0.174. The van der Waals surface area contributed by atoms with Gasteiger partial charge in [-0.15, -0.1) is 0 Å². The molecule has 0 saturated heterocycles.